The predicted molar refractivity (Wildman–Crippen MR) is 68.5 cm³/mol. The van der Waals surface area contributed by atoms with Crippen molar-refractivity contribution >= 4 is 22.7 Å². The van der Waals surface area contributed by atoms with E-state index in [0.717, 1.165) is 11.3 Å². The number of methoxy groups -OCH3 is 1. The fourth-order valence-corrected chi connectivity index (χ4v) is 2.30. The molecule has 2 aliphatic rings. The quantitative estimate of drug-likeness (QED) is 0.591. The summed E-state index contributed by atoms with van der Waals surface area (Å²) in [6.45, 7) is 0. The van der Waals surface area contributed by atoms with E-state index in [4.69, 9.17) is 4.74 Å². The van der Waals surface area contributed by atoms with Crippen LogP contribution in [0.3, 0.4) is 0 Å². The monoisotopic (exact) mass is 242 g/mol. The van der Waals surface area contributed by atoms with Gasteiger partial charge in [0.1, 0.15) is 0 Å². The minimum absolute atomic E-state index is 0.00435. The van der Waals surface area contributed by atoms with Crippen LogP contribution in [-0.2, 0) is 0 Å². The molecule has 18 heavy (non-hydrogen) atoms. The Bertz CT molecular complexity index is 642. The van der Waals surface area contributed by atoms with Gasteiger partial charge in [0, 0.05) is 12.0 Å². The predicted octanol–water partition coefficient (Wildman–Crippen LogP) is 3.03. The van der Waals surface area contributed by atoms with Crippen molar-refractivity contribution in [2.75, 3.05) is 7.11 Å². The Morgan fingerprint density at radius 1 is 1.44 bits per heavy atom. The van der Waals surface area contributed by atoms with Crippen molar-refractivity contribution in [3.63, 3.8) is 0 Å². The van der Waals surface area contributed by atoms with Gasteiger partial charge in [-0.2, -0.15) is 0 Å². The highest BCUT2D eigenvalue weighted by molar-refractivity contribution is 6.31. The largest absolute Gasteiger partial charge is 0.490 e. The van der Waals surface area contributed by atoms with Crippen molar-refractivity contribution in [1.82, 2.24) is 0 Å². The number of fused-ring (bicyclic) bond motifs is 3. The third-order valence-electron chi connectivity index (χ3n) is 3.07. The zero-order valence-corrected chi connectivity index (χ0v) is 9.71. The summed E-state index contributed by atoms with van der Waals surface area (Å²) in [5, 5.41) is 11.2. The molecule has 1 aromatic rings. The van der Waals surface area contributed by atoms with E-state index in [1.165, 1.54) is 7.11 Å². The second-order valence-electron chi connectivity index (χ2n) is 4.04. The van der Waals surface area contributed by atoms with Crippen LogP contribution in [0.1, 0.15) is 12.0 Å². The van der Waals surface area contributed by atoms with Gasteiger partial charge < -0.3 is 4.74 Å². The molecular formula is C13H10N2O3. The lowest BCUT2D eigenvalue weighted by Gasteiger charge is -2.08. The van der Waals surface area contributed by atoms with Crippen molar-refractivity contribution in [3.8, 4) is 5.75 Å². The highest BCUT2D eigenvalue weighted by Gasteiger charge is 2.32. The number of nitro groups is 1. The smallest absolute Gasteiger partial charge is 0.320 e. The number of rotatable bonds is 2. The molecule has 5 nitrogen and oxygen atoms in total. The van der Waals surface area contributed by atoms with Crippen LogP contribution in [0.25, 0.3) is 5.57 Å². The van der Waals surface area contributed by atoms with E-state index < -0.39 is 4.92 Å². The van der Waals surface area contributed by atoms with Crippen LogP contribution in [0.2, 0.25) is 0 Å². The molecule has 0 radical (unpaired) electrons. The molecule has 3 rings (SSSR count). The first kappa shape index (κ1) is 10.7. The lowest BCUT2D eigenvalue weighted by atomic mass is 9.96. The molecule has 1 aliphatic heterocycles. The summed E-state index contributed by atoms with van der Waals surface area (Å²) >= 11 is 0. The minimum atomic E-state index is -0.407. The zero-order chi connectivity index (χ0) is 12.7. The van der Waals surface area contributed by atoms with E-state index in [1.54, 1.807) is 12.1 Å². The third kappa shape index (κ3) is 1.37. The van der Waals surface area contributed by atoms with Gasteiger partial charge in [-0.05, 0) is 12.1 Å². The minimum Gasteiger partial charge on any atom is -0.490 e. The van der Waals surface area contributed by atoms with Crippen molar-refractivity contribution in [3.05, 3.63) is 46.0 Å². The number of nitro benzene ring substituents is 1. The number of hydrogen-bond donors (Lipinski definition) is 0. The molecular weight excluding hydrogens is 232 g/mol. The van der Waals surface area contributed by atoms with E-state index in [2.05, 4.69) is 4.99 Å². The van der Waals surface area contributed by atoms with E-state index >= 15 is 0 Å². The third-order valence-corrected chi connectivity index (χ3v) is 3.07. The molecule has 0 saturated heterocycles. The van der Waals surface area contributed by atoms with E-state index in [9.17, 15) is 10.1 Å². The maximum Gasteiger partial charge on any atom is 0.320 e. The SMILES string of the molecule is COc1ccc2c(c1[N+](=O)[O-])C1=CC=CCC1=N2. The number of benzene rings is 1. The standard InChI is InChI=1S/C13H10N2O3/c1-18-11-7-6-10-12(13(11)15(16)17)8-4-2-3-5-9(8)14-10/h2-4,6-7H,5H2,1H3. The van der Waals surface area contributed by atoms with Gasteiger partial charge in [0.15, 0.2) is 5.75 Å². The molecule has 90 valence electrons. The average Bonchev–Trinajstić information content (AvgIpc) is 2.75. The molecule has 0 atom stereocenters. The van der Waals surface area contributed by atoms with Gasteiger partial charge >= 0.3 is 5.69 Å². The fraction of sp³-hybridized carbons (Fsp3) is 0.154. The maximum absolute atomic E-state index is 11.2. The number of allylic oxidation sites excluding steroid dienone is 4. The molecule has 0 N–H and O–H groups in total. The number of ether oxygens (including phenoxy) is 1. The molecule has 0 saturated carbocycles. The van der Waals surface area contributed by atoms with Crippen LogP contribution in [0.5, 0.6) is 5.75 Å². The maximum atomic E-state index is 11.2. The first-order chi connectivity index (χ1) is 8.72. The van der Waals surface area contributed by atoms with Crippen molar-refractivity contribution < 1.29 is 9.66 Å². The van der Waals surface area contributed by atoms with Crippen LogP contribution in [-0.4, -0.2) is 17.7 Å². The van der Waals surface area contributed by atoms with Crippen LogP contribution >= 0.6 is 0 Å². The first-order valence-corrected chi connectivity index (χ1v) is 5.53. The summed E-state index contributed by atoms with van der Waals surface area (Å²) in [5.74, 6) is 0.269. The van der Waals surface area contributed by atoms with Gasteiger partial charge in [0.05, 0.1) is 29.0 Å². The molecule has 0 aromatic heterocycles. The summed E-state index contributed by atoms with van der Waals surface area (Å²) in [5.41, 5.74) is 2.92. The molecule has 0 unspecified atom stereocenters. The lowest BCUT2D eigenvalue weighted by Crippen LogP contribution is -2.02. The molecule has 0 fully saturated rings. The van der Waals surface area contributed by atoms with Gasteiger partial charge in [-0.25, -0.2) is 0 Å². The summed E-state index contributed by atoms with van der Waals surface area (Å²) in [6.07, 6.45) is 6.45. The van der Waals surface area contributed by atoms with Crippen LogP contribution in [0.15, 0.2) is 35.4 Å². The molecule has 5 heteroatoms. The fourth-order valence-electron chi connectivity index (χ4n) is 2.30. The summed E-state index contributed by atoms with van der Waals surface area (Å²) in [7, 11) is 1.43. The second kappa shape index (κ2) is 3.80. The van der Waals surface area contributed by atoms with Crippen molar-refractivity contribution in [2.24, 2.45) is 4.99 Å². The Morgan fingerprint density at radius 3 is 3.00 bits per heavy atom. The van der Waals surface area contributed by atoms with Crippen molar-refractivity contribution in [2.45, 2.75) is 6.42 Å². The molecule has 1 aromatic carbocycles. The van der Waals surface area contributed by atoms with Gasteiger partial charge in [0.2, 0.25) is 0 Å². The van der Waals surface area contributed by atoms with Crippen molar-refractivity contribution in [1.29, 1.82) is 0 Å². The topological polar surface area (TPSA) is 64.7 Å². The lowest BCUT2D eigenvalue weighted by molar-refractivity contribution is -0.385. The highest BCUT2D eigenvalue weighted by atomic mass is 16.6. The average molecular weight is 242 g/mol. The van der Waals surface area contributed by atoms with Gasteiger partial charge in [0.25, 0.3) is 0 Å². The number of aliphatic imine (C=N–C) groups is 1. The summed E-state index contributed by atoms with van der Waals surface area (Å²) in [6, 6.07) is 3.35. The van der Waals surface area contributed by atoms with Gasteiger partial charge in [-0.1, -0.05) is 18.2 Å². The van der Waals surface area contributed by atoms with Gasteiger partial charge in [-0.15, -0.1) is 0 Å². The summed E-state index contributed by atoms with van der Waals surface area (Å²) in [4.78, 5) is 15.3. The Morgan fingerprint density at radius 2 is 2.28 bits per heavy atom. The molecule has 0 amide bonds. The first-order valence-electron chi connectivity index (χ1n) is 5.53. The number of hydrogen-bond acceptors (Lipinski definition) is 4. The van der Waals surface area contributed by atoms with Crippen LogP contribution in [0, 0.1) is 10.1 Å². The second-order valence-corrected chi connectivity index (χ2v) is 4.04. The Labute approximate surface area is 103 Å². The molecule has 0 spiro atoms. The Balaban J connectivity index is 2.30. The zero-order valence-electron chi connectivity index (χ0n) is 9.71. The van der Waals surface area contributed by atoms with Crippen LogP contribution < -0.4 is 4.74 Å². The normalized spacial score (nSPS) is 15.6. The highest BCUT2D eigenvalue weighted by Crippen LogP contribution is 2.46. The Kier molecular flexibility index (Phi) is 2.26. The van der Waals surface area contributed by atoms with E-state index in [1.807, 2.05) is 18.2 Å². The van der Waals surface area contributed by atoms with Gasteiger partial charge in [-0.3, -0.25) is 15.1 Å². The molecule has 1 aliphatic carbocycles. The van der Waals surface area contributed by atoms with E-state index in [0.29, 0.717) is 17.7 Å². The molecule has 1 heterocycles. The Hall–Kier alpha value is -2.43. The summed E-state index contributed by atoms with van der Waals surface area (Å²) < 4.78 is 5.07. The number of nitrogens with zero attached hydrogens (tertiary/aromatic N) is 2. The van der Waals surface area contributed by atoms with Crippen LogP contribution in [0.4, 0.5) is 11.4 Å². The van der Waals surface area contributed by atoms with E-state index in [-0.39, 0.29) is 11.4 Å². The molecule has 0 bridgehead atoms.